The van der Waals surface area contributed by atoms with Crippen LogP contribution in [0.2, 0.25) is 0 Å². The Bertz CT molecular complexity index is 359. The number of nitrogens with one attached hydrogen (secondary N) is 1. The van der Waals surface area contributed by atoms with Crippen LogP contribution in [0.5, 0.6) is 0 Å². The molecule has 0 atom stereocenters. The molecule has 1 aromatic heterocycles. The van der Waals surface area contributed by atoms with Crippen LogP contribution in [-0.2, 0) is 0 Å². The zero-order valence-corrected chi connectivity index (χ0v) is 7.92. The van der Waals surface area contributed by atoms with Gasteiger partial charge in [0.2, 0.25) is 0 Å². The standard InChI is InChI=1S/C9H11N3O3/c13-6-3-5(4-6)10-8-2-1-7(9(14)15)11-12-8/h1-2,5-6,13H,3-4H2,(H,10,12)(H,14,15). The van der Waals surface area contributed by atoms with Gasteiger partial charge in [0.05, 0.1) is 6.10 Å². The van der Waals surface area contributed by atoms with Crippen LogP contribution in [0.3, 0.4) is 0 Å². The first-order chi connectivity index (χ1) is 7.15. The van der Waals surface area contributed by atoms with E-state index in [1.54, 1.807) is 6.07 Å². The van der Waals surface area contributed by atoms with Gasteiger partial charge in [-0.05, 0) is 25.0 Å². The minimum atomic E-state index is -1.09. The first kappa shape index (κ1) is 9.85. The number of nitrogens with zero attached hydrogens (tertiary/aromatic N) is 2. The summed E-state index contributed by atoms with van der Waals surface area (Å²) in [7, 11) is 0. The van der Waals surface area contributed by atoms with E-state index in [0.29, 0.717) is 18.7 Å². The highest BCUT2D eigenvalue weighted by Gasteiger charge is 2.27. The van der Waals surface area contributed by atoms with Gasteiger partial charge in [0, 0.05) is 6.04 Å². The molecule has 3 N–H and O–H groups in total. The number of aromatic carboxylic acids is 1. The quantitative estimate of drug-likeness (QED) is 0.654. The van der Waals surface area contributed by atoms with Crippen molar-refractivity contribution < 1.29 is 15.0 Å². The molecule has 80 valence electrons. The molecule has 1 fully saturated rings. The van der Waals surface area contributed by atoms with E-state index in [1.165, 1.54) is 6.07 Å². The van der Waals surface area contributed by atoms with Gasteiger partial charge >= 0.3 is 5.97 Å². The van der Waals surface area contributed by atoms with E-state index in [4.69, 9.17) is 10.2 Å². The average Bonchev–Trinajstić information content (AvgIpc) is 2.16. The fourth-order valence-electron chi connectivity index (χ4n) is 1.44. The fraction of sp³-hybridized carbons (Fsp3) is 0.444. The van der Waals surface area contributed by atoms with E-state index in [2.05, 4.69) is 15.5 Å². The smallest absolute Gasteiger partial charge is 0.356 e. The molecule has 0 unspecified atom stereocenters. The molecule has 1 saturated carbocycles. The molecule has 0 spiro atoms. The molecule has 1 aliphatic rings. The highest BCUT2D eigenvalue weighted by Crippen LogP contribution is 2.22. The van der Waals surface area contributed by atoms with Crippen LogP contribution < -0.4 is 5.32 Å². The van der Waals surface area contributed by atoms with Gasteiger partial charge in [-0.15, -0.1) is 10.2 Å². The van der Waals surface area contributed by atoms with Crippen LogP contribution in [0.1, 0.15) is 23.3 Å². The maximum Gasteiger partial charge on any atom is 0.356 e. The second-order valence-corrected chi connectivity index (χ2v) is 3.58. The average molecular weight is 209 g/mol. The first-order valence-electron chi connectivity index (χ1n) is 4.67. The Morgan fingerprint density at radius 1 is 1.40 bits per heavy atom. The zero-order valence-electron chi connectivity index (χ0n) is 7.92. The Morgan fingerprint density at radius 3 is 2.60 bits per heavy atom. The van der Waals surface area contributed by atoms with Crippen molar-refractivity contribution in [2.45, 2.75) is 25.0 Å². The van der Waals surface area contributed by atoms with Gasteiger partial charge in [-0.1, -0.05) is 0 Å². The Balaban J connectivity index is 1.95. The minimum Gasteiger partial charge on any atom is -0.476 e. The lowest BCUT2D eigenvalue weighted by Crippen LogP contribution is -2.39. The summed E-state index contributed by atoms with van der Waals surface area (Å²) in [5, 5.41) is 28.0. The second kappa shape index (κ2) is 3.82. The number of hydrogen-bond acceptors (Lipinski definition) is 5. The first-order valence-corrected chi connectivity index (χ1v) is 4.67. The molecule has 6 heteroatoms. The summed E-state index contributed by atoms with van der Waals surface area (Å²) in [4.78, 5) is 10.5. The minimum absolute atomic E-state index is 0.0748. The Kier molecular flexibility index (Phi) is 2.51. The predicted molar refractivity (Wildman–Crippen MR) is 51.6 cm³/mol. The van der Waals surface area contributed by atoms with Gasteiger partial charge in [-0.2, -0.15) is 0 Å². The van der Waals surface area contributed by atoms with Crippen LogP contribution >= 0.6 is 0 Å². The Labute approximate surface area is 86.0 Å². The summed E-state index contributed by atoms with van der Waals surface area (Å²) >= 11 is 0. The molecule has 0 aliphatic heterocycles. The molecule has 1 heterocycles. The molecular formula is C9H11N3O3. The van der Waals surface area contributed by atoms with E-state index in [1.807, 2.05) is 0 Å². The molecule has 0 aromatic carbocycles. The van der Waals surface area contributed by atoms with E-state index >= 15 is 0 Å². The predicted octanol–water partition coefficient (Wildman–Crippen LogP) is 0.110. The third kappa shape index (κ3) is 2.21. The fourth-order valence-corrected chi connectivity index (χ4v) is 1.44. The number of carboxylic acids is 1. The number of aromatic nitrogens is 2. The van der Waals surface area contributed by atoms with E-state index in [9.17, 15) is 4.79 Å². The number of carboxylic acid groups (broad SMARTS) is 1. The van der Waals surface area contributed by atoms with Gasteiger partial charge in [0.1, 0.15) is 5.82 Å². The number of aliphatic hydroxyl groups excluding tert-OH is 1. The van der Waals surface area contributed by atoms with Crippen molar-refractivity contribution in [1.29, 1.82) is 0 Å². The second-order valence-electron chi connectivity index (χ2n) is 3.58. The van der Waals surface area contributed by atoms with Gasteiger partial charge < -0.3 is 15.5 Å². The van der Waals surface area contributed by atoms with Crippen molar-refractivity contribution in [3.05, 3.63) is 17.8 Å². The topological polar surface area (TPSA) is 95.3 Å². The van der Waals surface area contributed by atoms with Gasteiger partial charge in [-0.25, -0.2) is 4.79 Å². The van der Waals surface area contributed by atoms with Crippen molar-refractivity contribution in [3.63, 3.8) is 0 Å². The van der Waals surface area contributed by atoms with E-state index < -0.39 is 5.97 Å². The molecule has 0 saturated heterocycles. The monoisotopic (exact) mass is 209 g/mol. The van der Waals surface area contributed by atoms with Crippen LogP contribution in [0.4, 0.5) is 5.82 Å². The summed E-state index contributed by atoms with van der Waals surface area (Å²) in [6.07, 6.45) is 1.17. The van der Waals surface area contributed by atoms with Crippen molar-refractivity contribution in [2.75, 3.05) is 5.32 Å². The molecule has 6 nitrogen and oxygen atoms in total. The normalized spacial score (nSPS) is 24.3. The van der Waals surface area contributed by atoms with Gasteiger partial charge in [0.25, 0.3) is 0 Å². The summed E-state index contributed by atoms with van der Waals surface area (Å²) in [5.41, 5.74) is -0.0748. The zero-order chi connectivity index (χ0) is 10.8. The maximum atomic E-state index is 10.5. The molecule has 2 rings (SSSR count). The van der Waals surface area contributed by atoms with Crippen LogP contribution in [0, 0.1) is 0 Å². The molecular weight excluding hydrogens is 198 g/mol. The molecule has 0 amide bonds. The molecule has 1 aliphatic carbocycles. The lowest BCUT2D eigenvalue weighted by atomic mass is 9.89. The van der Waals surface area contributed by atoms with Crippen molar-refractivity contribution >= 4 is 11.8 Å². The van der Waals surface area contributed by atoms with E-state index in [0.717, 1.165) is 0 Å². The van der Waals surface area contributed by atoms with Crippen molar-refractivity contribution in [1.82, 2.24) is 10.2 Å². The Morgan fingerprint density at radius 2 is 2.13 bits per heavy atom. The van der Waals surface area contributed by atoms with Crippen molar-refractivity contribution in [2.24, 2.45) is 0 Å². The summed E-state index contributed by atoms with van der Waals surface area (Å²) in [5.74, 6) is -0.551. The Hall–Kier alpha value is -1.69. The summed E-state index contributed by atoms with van der Waals surface area (Å²) < 4.78 is 0. The van der Waals surface area contributed by atoms with Crippen LogP contribution in [-0.4, -0.2) is 38.5 Å². The summed E-state index contributed by atoms with van der Waals surface area (Å²) in [6, 6.07) is 3.18. The molecule has 0 bridgehead atoms. The highest BCUT2D eigenvalue weighted by molar-refractivity contribution is 5.85. The SMILES string of the molecule is O=C(O)c1ccc(NC2CC(O)C2)nn1. The molecule has 15 heavy (non-hydrogen) atoms. The third-order valence-electron chi connectivity index (χ3n) is 2.35. The number of rotatable bonds is 3. The molecule has 1 aromatic rings. The maximum absolute atomic E-state index is 10.5. The number of hydrogen-bond donors (Lipinski definition) is 3. The van der Waals surface area contributed by atoms with Crippen LogP contribution in [0.25, 0.3) is 0 Å². The van der Waals surface area contributed by atoms with E-state index in [-0.39, 0.29) is 17.8 Å². The summed E-state index contributed by atoms with van der Waals surface area (Å²) in [6.45, 7) is 0. The number of anilines is 1. The van der Waals surface area contributed by atoms with Crippen molar-refractivity contribution in [3.8, 4) is 0 Å². The van der Waals surface area contributed by atoms with Gasteiger partial charge in [-0.3, -0.25) is 0 Å². The lowest BCUT2D eigenvalue weighted by molar-refractivity contribution is 0.0689. The lowest BCUT2D eigenvalue weighted by Gasteiger charge is -2.32. The third-order valence-corrected chi connectivity index (χ3v) is 2.35. The number of aliphatic hydroxyl groups is 1. The largest absolute Gasteiger partial charge is 0.476 e. The number of carbonyl (C=O) groups is 1. The molecule has 0 radical (unpaired) electrons. The van der Waals surface area contributed by atoms with Gasteiger partial charge in [0.15, 0.2) is 5.69 Å². The van der Waals surface area contributed by atoms with Crippen LogP contribution in [0.15, 0.2) is 12.1 Å². The highest BCUT2D eigenvalue weighted by atomic mass is 16.4.